The number of hydrogen-bond acceptors (Lipinski definition) is 4. The molecule has 1 aromatic rings. The van der Waals surface area contributed by atoms with Gasteiger partial charge in [0, 0.05) is 0 Å². The van der Waals surface area contributed by atoms with E-state index < -0.39 is 0 Å². The van der Waals surface area contributed by atoms with Gasteiger partial charge in [-0.05, 0) is 36.3 Å². The predicted octanol–water partition coefficient (Wildman–Crippen LogP) is 0.371. The Kier molecular flexibility index (Phi) is 2.49. The fourth-order valence-corrected chi connectivity index (χ4v) is 1.40. The molecule has 0 aliphatic heterocycles. The summed E-state index contributed by atoms with van der Waals surface area (Å²) in [5.74, 6) is 0.487. The summed E-state index contributed by atoms with van der Waals surface area (Å²) in [6.07, 6.45) is 3.46. The van der Waals surface area contributed by atoms with E-state index in [1.807, 2.05) is 6.92 Å². The molecule has 1 aliphatic rings. The number of carbonyl (C=O) groups is 1. The van der Waals surface area contributed by atoms with Crippen LogP contribution in [0.25, 0.3) is 0 Å². The van der Waals surface area contributed by atoms with Gasteiger partial charge in [-0.15, -0.1) is 5.10 Å². The number of aromatic nitrogens is 4. The molecular formula is C9H13N5O. The van der Waals surface area contributed by atoms with E-state index >= 15 is 0 Å². The summed E-state index contributed by atoms with van der Waals surface area (Å²) in [7, 11) is 0. The largest absolute Gasteiger partial charge is 0.343 e. The molecule has 6 heteroatoms. The summed E-state index contributed by atoms with van der Waals surface area (Å²) in [6.45, 7) is 5.25. The standard InChI is InChI=1S/C9H13N5O/c1-3-8(15)10-6(2)9-11-12-13-14(9)7-4-5-7/h3,6-7H,1,4-5H2,2H3,(H,10,15)/t6-/m0/s1. The molecule has 80 valence electrons. The van der Waals surface area contributed by atoms with Gasteiger partial charge in [0.2, 0.25) is 5.91 Å². The Morgan fingerprint density at radius 3 is 3.07 bits per heavy atom. The fourth-order valence-electron chi connectivity index (χ4n) is 1.40. The van der Waals surface area contributed by atoms with Crippen LogP contribution >= 0.6 is 0 Å². The third-order valence-corrected chi connectivity index (χ3v) is 2.34. The van der Waals surface area contributed by atoms with Crippen molar-refractivity contribution in [3.05, 3.63) is 18.5 Å². The maximum atomic E-state index is 11.1. The van der Waals surface area contributed by atoms with Gasteiger partial charge in [0.15, 0.2) is 5.82 Å². The van der Waals surface area contributed by atoms with E-state index in [1.165, 1.54) is 6.08 Å². The van der Waals surface area contributed by atoms with Crippen LogP contribution in [0.4, 0.5) is 0 Å². The predicted molar refractivity (Wildman–Crippen MR) is 52.8 cm³/mol. The lowest BCUT2D eigenvalue weighted by molar-refractivity contribution is -0.117. The third-order valence-electron chi connectivity index (χ3n) is 2.34. The van der Waals surface area contributed by atoms with E-state index in [0.717, 1.165) is 12.8 Å². The molecule has 2 rings (SSSR count). The number of tetrazole rings is 1. The SMILES string of the molecule is C=CC(=O)N[C@@H](C)c1nnnn1C1CC1. The molecule has 1 N–H and O–H groups in total. The van der Waals surface area contributed by atoms with Crippen molar-refractivity contribution >= 4 is 5.91 Å². The molecule has 1 atom stereocenters. The summed E-state index contributed by atoms with van der Waals surface area (Å²) in [5, 5.41) is 14.2. The zero-order valence-corrected chi connectivity index (χ0v) is 8.55. The molecule has 6 nitrogen and oxygen atoms in total. The van der Waals surface area contributed by atoms with Crippen molar-refractivity contribution in [2.75, 3.05) is 0 Å². The molecule has 1 amide bonds. The minimum atomic E-state index is -0.215. The monoisotopic (exact) mass is 207 g/mol. The van der Waals surface area contributed by atoms with Crippen LogP contribution in [0, 0.1) is 0 Å². The van der Waals surface area contributed by atoms with E-state index in [4.69, 9.17) is 0 Å². The first-order valence-electron chi connectivity index (χ1n) is 4.93. The molecule has 1 aromatic heterocycles. The number of nitrogens with one attached hydrogen (secondary N) is 1. The molecule has 0 bridgehead atoms. The summed E-state index contributed by atoms with van der Waals surface area (Å²) in [5.41, 5.74) is 0. The number of nitrogens with zero attached hydrogens (tertiary/aromatic N) is 4. The Labute approximate surface area is 87.4 Å². The molecule has 1 fully saturated rings. The van der Waals surface area contributed by atoms with Gasteiger partial charge in [0.25, 0.3) is 0 Å². The molecule has 0 saturated heterocycles. The summed E-state index contributed by atoms with van der Waals surface area (Å²) in [4.78, 5) is 11.1. The zero-order chi connectivity index (χ0) is 10.8. The van der Waals surface area contributed by atoms with Crippen LogP contribution in [-0.2, 0) is 4.79 Å². The van der Waals surface area contributed by atoms with Crippen LogP contribution in [0.15, 0.2) is 12.7 Å². The van der Waals surface area contributed by atoms with Crippen LogP contribution in [-0.4, -0.2) is 26.1 Å². The van der Waals surface area contributed by atoms with Gasteiger partial charge in [-0.3, -0.25) is 4.79 Å². The van der Waals surface area contributed by atoms with Crippen molar-refractivity contribution in [1.29, 1.82) is 0 Å². The zero-order valence-electron chi connectivity index (χ0n) is 8.55. The van der Waals surface area contributed by atoms with Crippen LogP contribution in [0.2, 0.25) is 0 Å². The first kappa shape index (κ1) is 9.82. The Balaban J connectivity index is 2.10. The number of amides is 1. The first-order chi connectivity index (χ1) is 7.22. The highest BCUT2D eigenvalue weighted by atomic mass is 16.1. The van der Waals surface area contributed by atoms with E-state index in [9.17, 15) is 4.79 Å². The molecule has 0 aromatic carbocycles. The highest BCUT2D eigenvalue weighted by Crippen LogP contribution is 2.35. The molecule has 0 unspecified atom stereocenters. The molecule has 1 aliphatic carbocycles. The van der Waals surface area contributed by atoms with Crippen molar-refractivity contribution in [2.45, 2.75) is 31.8 Å². The van der Waals surface area contributed by atoms with E-state index in [2.05, 4.69) is 27.4 Å². The smallest absolute Gasteiger partial charge is 0.243 e. The molecule has 15 heavy (non-hydrogen) atoms. The quantitative estimate of drug-likeness (QED) is 0.724. The van der Waals surface area contributed by atoms with Crippen LogP contribution < -0.4 is 5.32 Å². The molecule has 1 saturated carbocycles. The van der Waals surface area contributed by atoms with E-state index in [1.54, 1.807) is 4.68 Å². The molecular weight excluding hydrogens is 194 g/mol. The third kappa shape index (κ3) is 2.03. The van der Waals surface area contributed by atoms with Crippen LogP contribution in [0.3, 0.4) is 0 Å². The van der Waals surface area contributed by atoms with Gasteiger partial charge in [-0.1, -0.05) is 6.58 Å². The number of rotatable bonds is 4. The summed E-state index contributed by atoms with van der Waals surface area (Å²) < 4.78 is 1.79. The lowest BCUT2D eigenvalue weighted by Gasteiger charge is -2.11. The van der Waals surface area contributed by atoms with Crippen molar-refractivity contribution in [3.63, 3.8) is 0 Å². The Bertz CT molecular complexity index is 382. The topological polar surface area (TPSA) is 72.7 Å². The van der Waals surface area contributed by atoms with Gasteiger partial charge in [-0.25, -0.2) is 4.68 Å². The fraction of sp³-hybridized carbons (Fsp3) is 0.556. The van der Waals surface area contributed by atoms with Crippen LogP contribution in [0.5, 0.6) is 0 Å². The maximum absolute atomic E-state index is 11.1. The minimum absolute atomic E-state index is 0.189. The van der Waals surface area contributed by atoms with E-state index in [-0.39, 0.29) is 11.9 Å². The van der Waals surface area contributed by atoms with E-state index in [0.29, 0.717) is 11.9 Å². The second-order valence-corrected chi connectivity index (χ2v) is 3.65. The summed E-state index contributed by atoms with van der Waals surface area (Å²) in [6, 6.07) is 0.226. The lowest BCUT2D eigenvalue weighted by atomic mass is 10.3. The maximum Gasteiger partial charge on any atom is 0.243 e. The van der Waals surface area contributed by atoms with Crippen LogP contribution in [0.1, 0.15) is 37.7 Å². The summed E-state index contributed by atoms with van der Waals surface area (Å²) >= 11 is 0. The minimum Gasteiger partial charge on any atom is -0.343 e. The Hall–Kier alpha value is -1.72. The van der Waals surface area contributed by atoms with Gasteiger partial charge < -0.3 is 5.32 Å². The van der Waals surface area contributed by atoms with Crippen molar-refractivity contribution in [2.24, 2.45) is 0 Å². The van der Waals surface area contributed by atoms with Crippen molar-refractivity contribution in [3.8, 4) is 0 Å². The van der Waals surface area contributed by atoms with Gasteiger partial charge in [-0.2, -0.15) is 0 Å². The second-order valence-electron chi connectivity index (χ2n) is 3.65. The van der Waals surface area contributed by atoms with Gasteiger partial charge >= 0.3 is 0 Å². The average Bonchev–Trinajstić information content (AvgIpc) is 2.95. The molecule has 0 radical (unpaired) electrons. The van der Waals surface area contributed by atoms with Crippen molar-refractivity contribution < 1.29 is 4.79 Å². The molecule has 1 heterocycles. The number of carbonyl (C=O) groups excluding carboxylic acids is 1. The highest BCUT2D eigenvalue weighted by Gasteiger charge is 2.29. The van der Waals surface area contributed by atoms with Gasteiger partial charge in [0.1, 0.15) is 0 Å². The second kappa shape index (κ2) is 3.80. The normalized spacial score (nSPS) is 17.1. The Morgan fingerprint density at radius 2 is 2.47 bits per heavy atom. The lowest BCUT2D eigenvalue weighted by Crippen LogP contribution is -2.27. The van der Waals surface area contributed by atoms with Gasteiger partial charge in [0.05, 0.1) is 12.1 Å². The first-order valence-corrected chi connectivity index (χ1v) is 4.93. The molecule has 0 spiro atoms. The Morgan fingerprint density at radius 1 is 1.73 bits per heavy atom. The average molecular weight is 207 g/mol. The number of hydrogen-bond donors (Lipinski definition) is 1. The highest BCUT2D eigenvalue weighted by molar-refractivity contribution is 5.87. The van der Waals surface area contributed by atoms with Crippen molar-refractivity contribution in [1.82, 2.24) is 25.5 Å².